The molecule has 2 aromatic carbocycles. The van der Waals surface area contributed by atoms with Crippen LogP contribution in [0.25, 0.3) is 44.5 Å². The van der Waals surface area contributed by atoms with Crippen LogP contribution in [0.15, 0.2) is 67.0 Å². The molecule has 4 N–H and O–H groups in total. The van der Waals surface area contributed by atoms with E-state index in [1.165, 1.54) is 5.56 Å². The highest BCUT2D eigenvalue weighted by Crippen LogP contribution is 2.42. The Hall–Kier alpha value is -4.48. The summed E-state index contributed by atoms with van der Waals surface area (Å²) in [6.07, 6.45) is 6.77. The highest BCUT2D eigenvalue weighted by Gasteiger charge is 2.22. The largest absolute Gasteiger partial charge is 0.481 e. The molecule has 0 spiro atoms. The molecular formula is C38H39Cl2N7O3. The number of nitrogens with one attached hydrogen (secondary N) is 4. The number of amides is 2. The summed E-state index contributed by atoms with van der Waals surface area (Å²) in [7, 11) is 3.64. The third-order valence-corrected chi connectivity index (χ3v) is 10.3. The first kappa shape index (κ1) is 34.0. The van der Waals surface area contributed by atoms with Gasteiger partial charge in [0.2, 0.25) is 17.7 Å². The molecule has 3 aromatic heterocycles. The topological polar surface area (TPSA) is 122 Å². The summed E-state index contributed by atoms with van der Waals surface area (Å²) in [6, 6.07) is 18.2. The van der Waals surface area contributed by atoms with Crippen LogP contribution in [0.3, 0.4) is 0 Å². The molecule has 2 fully saturated rings. The summed E-state index contributed by atoms with van der Waals surface area (Å²) in [4.78, 5) is 32.6. The predicted octanol–water partition coefficient (Wildman–Crippen LogP) is 6.02. The van der Waals surface area contributed by atoms with Crippen molar-refractivity contribution in [3.63, 3.8) is 0 Å². The molecule has 0 bridgehead atoms. The van der Waals surface area contributed by atoms with Crippen LogP contribution >= 0.6 is 23.2 Å². The second-order valence-electron chi connectivity index (χ2n) is 12.9. The number of aromatic nitrogens is 3. The number of hydrogen-bond donors (Lipinski definition) is 4. The van der Waals surface area contributed by atoms with E-state index in [2.05, 4.69) is 55.2 Å². The summed E-state index contributed by atoms with van der Waals surface area (Å²) < 4.78 is 7.77. The van der Waals surface area contributed by atoms with Gasteiger partial charge in [-0.25, -0.2) is 4.98 Å². The fourth-order valence-electron chi connectivity index (χ4n) is 6.90. The number of benzene rings is 2. The second-order valence-corrected chi connectivity index (χ2v) is 13.7. The van der Waals surface area contributed by atoms with E-state index in [4.69, 9.17) is 32.9 Å². The van der Waals surface area contributed by atoms with Crippen molar-refractivity contribution in [2.45, 2.75) is 50.9 Å². The lowest BCUT2D eigenvalue weighted by molar-refractivity contribution is -0.120. The number of aryl methyl sites for hydroxylation is 1. The molecule has 2 amide bonds. The Morgan fingerprint density at radius 1 is 0.860 bits per heavy atom. The van der Waals surface area contributed by atoms with Gasteiger partial charge in [0, 0.05) is 109 Å². The van der Waals surface area contributed by atoms with Crippen molar-refractivity contribution in [1.29, 1.82) is 0 Å². The number of carbonyl (C=O) groups excluding carboxylic acids is 2. The van der Waals surface area contributed by atoms with E-state index in [1.807, 2.05) is 43.4 Å². The smallest absolute Gasteiger partial charge is 0.220 e. The molecule has 2 atom stereocenters. The van der Waals surface area contributed by atoms with E-state index < -0.39 is 0 Å². The minimum Gasteiger partial charge on any atom is -0.481 e. The number of halogens is 2. The fraction of sp³-hybridized carbons (Fsp3) is 0.316. The molecule has 0 radical (unpaired) electrons. The average molecular weight is 713 g/mol. The van der Waals surface area contributed by atoms with Crippen molar-refractivity contribution in [1.82, 2.24) is 35.8 Å². The monoisotopic (exact) mass is 711 g/mol. The van der Waals surface area contributed by atoms with E-state index in [0.29, 0.717) is 59.8 Å². The van der Waals surface area contributed by atoms with Crippen LogP contribution in [0.1, 0.15) is 36.8 Å². The Balaban J connectivity index is 1.11. The first-order valence-corrected chi connectivity index (χ1v) is 17.6. The van der Waals surface area contributed by atoms with Crippen LogP contribution in [0.5, 0.6) is 5.88 Å². The second kappa shape index (κ2) is 14.8. The molecule has 0 aliphatic carbocycles. The lowest BCUT2D eigenvalue weighted by Crippen LogP contribution is -2.35. The zero-order valence-electron chi connectivity index (χ0n) is 28.0. The van der Waals surface area contributed by atoms with Crippen molar-refractivity contribution in [2.24, 2.45) is 7.05 Å². The van der Waals surface area contributed by atoms with Crippen molar-refractivity contribution in [3.05, 3.63) is 88.2 Å². The predicted molar refractivity (Wildman–Crippen MR) is 197 cm³/mol. The molecule has 2 aliphatic rings. The number of pyridine rings is 2. The first-order chi connectivity index (χ1) is 24.3. The van der Waals surface area contributed by atoms with Gasteiger partial charge in [-0.1, -0.05) is 59.6 Å². The van der Waals surface area contributed by atoms with Crippen molar-refractivity contribution in [3.8, 4) is 39.5 Å². The summed E-state index contributed by atoms with van der Waals surface area (Å²) in [5, 5.41) is 15.1. The maximum atomic E-state index is 11.5. The van der Waals surface area contributed by atoms with Gasteiger partial charge in [0.1, 0.15) is 0 Å². The van der Waals surface area contributed by atoms with Crippen LogP contribution in [0, 0.1) is 0 Å². The highest BCUT2D eigenvalue weighted by molar-refractivity contribution is 6.39. The SMILES string of the molecule is COc1nc(-c2cccc(-c3ccnc(-c4ccc5c(CNC[C@@H]6CCC(=O)N6)cn(C)c5c4)c3Cl)c2Cl)ccc1CNC[C@@H]1CCC(=O)N1. The number of methoxy groups -OCH3 is 1. The Morgan fingerprint density at radius 2 is 1.54 bits per heavy atom. The van der Waals surface area contributed by atoms with Crippen molar-refractivity contribution < 1.29 is 14.3 Å². The number of ether oxygens (including phenoxy) is 1. The maximum absolute atomic E-state index is 11.5. The Kier molecular flexibility index (Phi) is 10.1. The van der Waals surface area contributed by atoms with Crippen LogP contribution < -0.4 is 26.0 Å². The molecule has 12 heteroatoms. The van der Waals surface area contributed by atoms with E-state index >= 15 is 0 Å². The zero-order chi connectivity index (χ0) is 34.8. The van der Waals surface area contributed by atoms with E-state index in [1.54, 1.807) is 13.3 Å². The van der Waals surface area contributed by atoms with Crippen molar-refractivity contribution in [2.75, 3.05) is 20.2 Å². The molecule has 5 aromatic rings. The Bertz CT molecular complexity index is 2080. The molecule has 2 saturated heterocycles. The summed E-state index contributed by atoms with van der Waals surface area (Å²) >= 11 is 14.2. The standard InChI is InChI=1S/C38H39Cl2N7O3/c1-47-21-24(18-42-20-26-9-13-34(49)45-26)27-10-6-22(16-32(27)47)37-36(40)29(14-15-43-37)28-4-3-5-30(35(28)39)31-11-7-23(38(46-31)50-2)17-41-19-25-8-12-33(48)44-25/h3-7,10-11,14-16,21,25-26,41-42H,8-9,12-13,17-20H2,1-2H3,(H,44,48)(H,45,49)/t25-,26-/m0/s1. The van der Waals surface area contributed by atoms with Gasteiger partial charge in [0.05, 0.1) is 28.5 Å². The maximum Gasteiger partial charge on any atom is 0.220 e. The van der Waals surface area contributed by atoms with Crippen molar-refractivity contribution >= 4 is 45.9 Å². The van der Waals surface area contributed by atoms with Crippen LogP contribution in [-0.4, -0.2) is 58.6 Å². The van der Waals surface area contributed by atoms with Gasteiger partial charge in [-0.05, 0) is 36.6 Å². The first-order valence-electron chi connectivity index (χ1n) is 16.8. The van der Waals surface area contributed by atoms with Gasteiger partial charge in [0.15, 0.2) is 0 Å². The zero-order valence-corrected chi connectivity index (χ0v) is 29.5. The summed E-state index contributed by atoms with van der Waals surface area (Å²) in [5.74, 6) is 0.736. The lowest BCUT2D eigenvalue weighted by atomic mass is 9.99. The third-order valence-electron chi connectivity index (χ3n) is 9.52. The normalized spacial score (nSPS) is 17.4. The Morgan fingerprint density at radius 3 is 2.22 bits per heavy atom. The Labute approximate surface area is 300 Å². The lowest BCUT2D eigenvalue weighted by Gasteiger charge is -2.15. The number of nitrogens with zero attached hydrogens (tertiary/aromatic N) is 3. The highest BCUT2D eigenvalue weighted by atomic mass is 35.5. The molecule has 0 saturated carbocycles. The van der Waals surface area contributed by atoms with E-state index in [9.17, 15) is 9.59 Å². The van der Waals surface area contributed by atoms with Gasteiger partial charge in [-0.15, -0.1) is 0 Å². The molecule has 0 unspecified atom stereocenters. The molecular weight excluding hydrogens is 673 g/mol. The van der Waals surface area contributed by atoms with Crippen LogP contribution in [-0.2, 0) is 29.7 Å². The molecule has 10 nitrogen and oxygen atoms in total. The average Bonchev–Trinajstić information content (AvgIpc) is 3.83. The number of carbonyl (C=O) groups is 2. The molecule has 258 valence electrons. The van der Waals surface area contributed by atoms with Gasteiger partial charge in [0.25, 0.3) is 0 Å². The summed E-state index contributed by atoms with van der Waals surface area (Å²) in [6.45, 7) is 2.68. The quantitative estimate of drug-likeness (QED) is 0.125. The fourth-order valence-corrected chi connectivity index (χ4v) is 7.55. The molecule has 5 heterocycles. The third kappa shape index (κ3) is 7.07. The molecule has 7 rings (SSSR count). The van der Waals surface area contributed by atoms with Gasteiger partial charge in [-0.3, -0.25) is 14.6 Å². The van der Waals surface area contributed by atoms with Gasteiger partial charge in [-0.2, -0.15) is 0 Å². The van der Waals surface area contributed by atoms with Gasteiger partial charge >= 0.3 is 0 Å². The molecule has 50 heavy (non-hydrogen) atoms. The number of rotatable bonds is 12. The minimum atomic E-state index is 0.101. The molecule has 2 aliphatic heterocycles. The summed E-state index contributed by atoms with van der Waals surface area (Å²) in [5.41, 5.74) is 7.71. The van der Waals surface area contributed by atoms with E-state index in [0.717, 1.165) is 58.1 Å². The number of hydrogen-bond acceptors (Lipinski definition) is 7. The van der Waals surface area contributed by atoms with Gasteiger partial charge < -0.3 is 30.6 Å². The van der Waals surface area contributed by atoms with Crippen LogP contribution in [0.2, 0.25) is 10.0 Å². The van der Waals surface area contributed by atoms with Crippen LogP contribution in [0.4, 0.5) is 0 Å². The number of fused-ring (bicyclic) bond motifs is 1. The minimum absolute atomic E-state index is 0.101. The van der Waals surface area contributed by atoms with E-state index in [-0.39, 0.29) is 23.9 Å².